The number of hydrogen-bond donors (Lipinski definition) is 2. The van der Waals surface area contributed by atoms with Crippen LogP contribution in [0.2, 0.25) is 0 Å². The standard InChI is InChI=1S/C8H17NO2/c1-8(2,11)3-4-9-5-7(10)6-9/h7,10-11H,3-6H2,1-2H3. The molecule has 0 unspecified atom stereocenters. The molecule has 0 aromatic carbocycles. The van der Waals surface area contributed by atoms with Crippen LogP contribution in [0.1, 0.15) is 20.3 Å². The predicted molar refractivity (Wildman–Crippen MR) is 43.4 cm³/mol. The first kappa shape index (κ1) is 8.97. The van der Waals surface area contributed by atoms with E-state index in [9.17, 15) is 5.11 Å². The molecule has 0 aliphatic carbocycles. The summed E-state index contributed by atoms with van der Waals surface area (Å²) in [4.78, 5) is 2.14. The van der Waals surface area contributed by atoms with Crippen LogP contribution in [0.15, 0.2) is 0 Å². The predicted octanol–water partition coefficient (Wildman–Crippen LogP) is -0.176. The van der Waals surface area contributed by atoms with Gasteiger partial charge in [-0.25, -0.2) is 0 Å². The maximum atomic E-state index is 9.36. The van der Waals surface area contributed by atoms with Gasteiger partial charge in [-0.3, -0.25) is 4.90 Å². The Labute approximate surface area is 67.6 Å². The zero-order valence-corrected chi connectivity index (χ0v) is 7.25. The van der Waals surface area contributed by atoms with Gasteiger partial charge in [0.25, 0.3) is 0 Å². The van der Waals surface area contributed by atoms with E-state index in [1.165, 1.54) is 0 Å². The Morgan fingerprint density at radius 2 is 2.00 bits per heavy atom. The molecule has 1 fully saturated rings. The summed E-state index contributed by atoms with van der Waals surface area (Å²) in [7, 11) is 0. The van der Waals surface area contributed by atoms with Gasteiger partial charge in [0.05, 0.1) is 11.7 Å². The lowest BCUT2D eigenvalue weighted by molar-refractivity contribution is -0.0166. The average Bonchev–Trinajstić information content (AvgIpc) is 1.75. The van der Waals surface area contributed by atoms with Crippen molar-refractivity contribution in [1.29, 1.82) is 0 Å². The molecular formula is C8H17NO2. The Kier molecular flexibility index (Phi) is 2.52. The molecule has 0 aromatic rings. The zero-order valence-electron chi connectivity index (χ0n) is 7.25. The first-order chi connectivity index (χ1) is 4.97. The van der Waals surface area contributed by atoms with E-state index < -0.39 is 5.60 Å². The molecule has 66 valence electrons. The summed E-state index contributed by atoms with van der Waals surface area (Å²) in [6, 6.07) is 0. The van der Waals surface area contributed by atoms with Gasteiger partial charge >= 0.3 is 0 Å². The Balaban J connectivity index is 2.05. The van der Waals surface area contributed by atoms with E-state index >= 15 is 0 Å². The first-order valence-corrected chi connectivity index (χ1v) is 4.10. The SMILES string of the molecule is CC(C)(O)CCN1CC(O)C1. The quantitative estimate of drug-likeness (QED) is 0.600. The maximum Gasteiger partial charge on any atom is 0.0793 e. The van der Waals surface area contributed by atoms with E-state index in [0.29, 0.717) is 0 Å². The van der Waals surface area contributed by atoms with Gasteiger partial charge in [0.2, 0.25) is 0 Å². The van der Waals surface area contributed by atoms with Crippen LogP contribution in [0, 0.1) is 0 Å². The number of likely N-dealkylation sites (tertiary alicyclic amines) is 1. The highest BCUT2D eigenvalue weighted by atomic mass is 16.3. The molecule has 3 nitrogen and oxygen atoms in total. The van der Waals surface area contributed by atoms with Gasteiger partial charge in [0, 0.05) is 19.6 Å². The van der Waals surface area contributed by atoms with E-state index in [-0.39, 0.29) is 6.10 Å². The molecule has 0 spiro atoms. The molecule has 1 aliphatic heterocycles. The molecular weight excluding hydrogens is 142 g/mol. The van der Waals surface area contributed by atoms with Gasteiger partial charge in [0.15, 0.2) is 0 Å². The van der Waals surface area contributed by atoms with Gasteiger partial charge in [-0.05, 0) is 20.3 Å². The van der Waals surface area contributed by atoms with Gasteiger partial charge in [-0.15, -0.1) is 0 Å². The number of hydrogen-bond acceptors (Lipinski definition) is 3. The molecule has 1 heterocycles. The Bertz CT molecular complexity index is 125. The Hall–Kier alpha value is -0.120. The lowest BCUT2D eigenvalue weighted by Crippen LogP contribution is -2.51. The summed E-state index contributed by atoms with van der Waals surface area (Å²) in [6.07, 6.45) is 0.650. The first-order valence-electron chi connectivity index (χ1n) is 4.10. The van der Waals surface area contributed by atoms with Gasteiger partial charge in [-0.1, -0.05) is 0 Å². The van der Waals surface area contributed by atoms with Crippen molar-refractivity contribution in [3.63, 3.8) is 0 Å². The molecule has 3 heteroatoms. The van der Waals surface area contributed by atoms with Crippen LogP contribution < -0.4 is 0 Å². The highest BCUT2D eigenvalue weighted by Crippen LogP contribution is 2.12. The van der Waals surface area contributed by atoms with Crippen molar-refractivity contribution < 1.29 is 10.2 Å². The number of β-amino-alcohol motifs (C(OH)–C–C–N with tert-alkyl or cyclic N) is 1. The van der Waals surface area contributed by atoms with Crippen molar-refractivity contribution in [2.75, 3.05) is 19.6 Å². The zero-order chi connectivity index (χ0) is 8.48. The number of nitrogens with zero attached hydrogens (tertiary/aromatic N) is 1. The normalized spacial score (nSPS) is 21.8. The molecule has 0 aromatic heterocycles. The minimum absolute atomic E-state index is 0.128. The van der Waals surface area contributed by atoms with E-state index in [1.54, 1.807) is 0 Å². The molecule has 0 amide bonds. The summed E-state index contributed by atoms with van der Waals surface area (Å²) >= 11 is 0. The van der Waals surface area contributed by atoms with Crippen molar-refractivity contribution in [3.05, 3.63) is 0 Å². The average molecular weight is 159 g/mol. The fourth-order valence-corrected chi connectivity index (χ4v) is 1.16. The van der Waals surface area contributed by atoms with Gasteiger partial charge in [-0.2, -0.15) is 0 Å². The summed E-state index contributed by atoms with van der Waals surface area (Å²) in [5, 5.41) is 18.3. The molecule has 0 radical (unpaired) electrons. The smallest absolute Gasteiger partial charge is 0.0793 e. The van der Waals surface area contributed by atoms with E-state index in [4.69, 9.17) is 5.11 Å². The van der Waals surface area contributed by atoms with E-state index in [0.717, 1.165) is 26.1 Å². The fourth-order valence-electron chi connectivity index (χ4n) is 1.16. The van der Waals surface area contributed by atoms with Crippen LogP contribution >= 0.6 is 0 Å². The number of aliphatic hydroxyl groups is 2. The number of aliphatic hydroxyl groups excluding tert-OH is 1. The van der Waals surface area contributed by atoms with Crippen LogP contribution in [0.3, 0.4) is 0 Å². The highest BCUT2D eigenvalue weighted by Gasteiger charge is 2.25. The van der Waals surface area contributed by atoms with Gasteiger partial charge in [0.1, 0.15) is 0 Å². The monoisotopic (exact) mass is 159 g/mol. The van der Waals surface area contributed by atoms with Crippen LogP contribution in [0.4, 0.5) is 0 Å². The number of rotatable bonds is 3. The van der Waals surface area contributed by atoms with E-state index in [1.807, 2.05) is 13.8 Å². The molecule has 1 aliphatic rings. The third-order valence-corrected chi connectivity index (χ3v) is 1.98. The summed E-state index contributed by atoms with van der Waals surface area (Å²) < 4.78 is 0. The summed E-state index contributed by atoms with van der Waals surface area (Å²) in [6.45, 7) is 6.05. The van der Waals surface area contributed by atoms with Crippen LogP contribution in [0.25, 0.3) is 0 Å². The molecule has 0 saturated carbocycles. The second kappa shape index (κ2) is 3.09. The maximum absolute atomic E-state index is 9.36. The lowest BCUT2D eigenvalue weighted by Gasteiger charge is -2.37. The second-order valence-electron chi connectivity index (χ2n) is 3.98. The third kappa shape index (κ3) is 3.18. The van der Waals surface area contributed by atoms with Crippen LogP contribution in [-0.2, 0) is 0 Å². The van der Waals surface area contributed by atoms with Crippen molar-refractivity contribution >= 4 is 0 Å². The van der Waals surface area contributed by atoms with Crippen molar-refractivity contribution in [2.45, 2.75) is 32.0 Å². The molecule has 0 atom stereocenters. The molecule has 2 N–H and O–H groups in total. The highest BCUT2D eigenvalue weighted by molar-refractivity contribution is 4.80. The molecule has 1 rings (SSSR count). The summed E-state index contributed by atoms with van der Waals surface area (Å²) in [5.74, 6) is 0. The largest absolute Gasteiger partial charge is 0.390 e. The Morgan fingerprint density at radius 1 is 1.45 bits per heavy atom. The van der Waals surface area contributed by atoms with Crippen molar-refractivity contribution in [1.82, 2.24) is 4.90 Å². The molecule has 0 bridgehead atoms. The fraction of sp³-hybridized carbons (Fsp3) is 1.00. The topological polar surface area (TPSA) is 43.7 Å². The van der Waals surface area contributed by atoms with Crippen molar-refractivity contribution in [2.24, 2.45) is 0 Å². The second-order valence-corrected chi connectivity index (χ2v) is 3.98. The lowest BCUT2D eigenvalue weighted by atomic mass is 10.0. The minimum atomic E-state index is -0.569. The molecule has 11 heavy (non-hydrogen) atoms. The molecule has 1 saturated heterocycles. The van der Waals surface area contributed by atoms with Gasteiger partial charge < -0.3 is 10.2 Å². The Morgan fingerprint density at radius 3 is 2.36 bits per heavy atom. The summed E-state index contributed by atoms with van der Waals surface area (Å²) in [5.41, 5.74) is -0.569. The van der Waals surface area contributed by atoms with Crippen LogP contribution in [-0.4, -0.2) is 46.5 Å². The van der Waals surface area contributed by atoms with Crippen LogP contribution in [0.5, 0.6) is 0 Å². The van der Waals surface area contributed by atoms with Crippen molar-refractivity contribution in [3.8, 4) is 0 Å². The van der Waals surface area contributed by atoms with E-state index in [2.05, 4.69) is 4.90 Å². The minimum Gasteiger partial charge on any atom is -0.390 e. The third-order valence-electron chi connectivity index (χ3n) is 1.98.